The van der Waals surface area contributed by atoms with Crippen molar-refractivity contribution in [2.75, 3.05) is 27.3 Å². The highest BCUT2D eigenvalue weighted by Gasteiger charge is 2.47. The minimum absolute atomic E-state index is 0.0459. The van der Waals surface area contributed by atoms with Gasteiger partial charge in [0.05, 0.1) is 20.8 Å². The first-order valence-electron chi connectivity index (χ1n) is 9.75. The number of nitrogens with zero attached hydrogens (tertiary/aromatic N) is 2. The van der Waals surface area contributed by atoms with Crippen LogP contribution in [-0.2, 0) is 9.59 Å². The lowest BCUT2D eigenvalue weighted by molar-refractivity contribution is -0.139. The van der Waals surface area contributed by atoms with E-state index >= 15 is 0 Å². The van der Waals surface area contributed by atoms with Crippen LogP contribution in [0.4, 0.5) is 4.79 Å². The number of hydrogen-bond acceptors (Lipinski definition) is 6. The fraction of sp³-hybridized carbons (Fsp3) is 0.550. The third-order valence-corrected chi connectivity index (χ3v) is 5.71. The number of urea groups is 1. The average Bonchev–Trinajstić information content (AvgIpc) is 3.25. The second-order valence-corrected chi connectivity index (χ2v) is 7.53. The molecule has 0 aliphatic carbocycles. The average molecular weight is 404 g/mol. The molecule has 0 spiro atoms. The number of hydrazine groups is 1. The lowest BCUT2D eigenvalue weighted by atomic mass is 10.00. The summed E-state index contributed by atoms with van der Waals surface area (Å²) in [7, 11) is 3.17. The molecule has 0 bridgehead atoms. The van der Waals surface area contributed by atoms with Gasteiger partial charge in [-0.2, -0.15) is 5.01 Å². The van der Waals surface area contributed by atoms with Crippen molar-refractivity contribution in [3.63, 3.8) is 0 Å². The predicted octanol–water partition coefficient (Wildman–Crippen LogP) is 1.59. The normalized spacial score (nSPS) is 24.6. The van der Waals surface area contributed by atoms with Crippen molar-refractivity contribution in [2.24, 2.45) is 0 Å². The largest absolute Gasteiger partial charge is 0.493 e. The van der Waals surface area contributed by atoms with Crippen LogP contribution < -0.4 is 20.2 Å². The number of hydrogen-bond donors (Lipinski definition) is 2. The molecule has 0 aromatic heterocycles. The van der Waals surface area contributed by atoms with Gasteiger partial charge in [-0.15, -0.1) is 0 Å². The molecule has 1 aromatic carbocycles. The fourth-order valence-corrected chi connectivity index (χ4v) is 3.82. The fourth-order valence-electron chi connectivity index (χ4n) is 3.82. The molecule has 0 saturated carbocycles. The Morgan fingerprint density at radius 1 is 1.28 bits per heavy atom. The van der Waals surface area contributed by atoms with E-state index < -0.39 is 23.4 Å². The third-order valence-electron chi connectivity index (χ3n) is 5.71. The van der Waals surface area contributed by atoms with E-state index in [0.29, 0.717) is 17.9 Å². The van der Waals surface area contributed by atoms with Gasteiger partial charge in [0.1, 0.15) is 5.54 Å². The van der Waals surface area contributed by atoms with Crippen LogP contribution >= 0.6 is 0 Å². The molecule has 2 saturated heterocycles. The smallest absolute Gasteiger partial charge is 0.344 e. The molecule has 2 atom stereocenters. The van der Waals surface area contributed by atoms with Gasteiger partial charge in [0.15, 0.2) is 11.5 Å². The Morgan fingerprint density at radius 2 is 2.00 bits per heavy atom. The molecule has 0 radical (unpaired) electrons. The zero-order chi connectivity index (χ0) is 21.2. The van der Waals surface area contributed by atoms with E-state index in [-0.39, 0.29) is 12.6 Å². The standard InChI is InChI=1S/C20H28N4O5/c1-5-20(2)18(26)24(19(27)21-20)22-17(25)12-23-10-6-7-14(23)13-8-9-15(28-3)16(11-13)29-4/h8-9,11,14H,5-7,10,12H2,1-4H3,(H,21,27)(H,22,25)/t14-,20+/m0/s1. The minimum Gasteiger partial charge on any atom is -0.493 e. The number of rotatable bonds is 7. The van der Waals surface area contributed by atoms with E-state index in [0.717, 1.165) is 30.0 Å². The van der Waals surface area contributed by atoms with Crippen molar-refractivity contribution in [3.05, 3.63) is 23.8 Å². The van der Waals surface area contributed by atoms with Crippen molar-refractivity contribution in [1.82, 2.24) is 20.7 Å². The first kappa shape index (κ1) is 20.9. The molecule has 3 rings (SSSR count). The predicted molar refractivity (Wildman–Crippen MR) is 105 cm³/mol. The quantitative estimate of drug-likeness (QED) is 0.670. The van der Waals surface area contributed by atoms with Gasteiger partial charge in [0, 0.05) is 6.04 Å². The Bertz CT molecular complexity index is 814. The van der Waals surface area contributed by atoms with Crippen molar-refractivity contribution in [3.8, 4) is 11.5 Å². The molecule has 158 valence electrons. The summed E-state index contributed by atoms with van der Waals surface area (Å²) in [6.07, 6.45) is 2.29. The van der Waals surface area contributed by atoms with Crippen LogP contribution in [0.25, 0.3) is 0 Å². The maximum absolute atomic E-state index is 12.6. The van der Waals surface area contributed by atoms with Crippen LogP contribution in [0.1, 0.15) is 44.7 Å². The third kappa shape index (κ3) is 4.00. The summed E-state index contributed by atoms with van der Waals surface area (Å²) in [5.41, 5.74) is 2.50. The number of ether oxygens (including phenoxy) is 2. The van der Waals surface area contributed by atoms with Gasteiger partial charge < -0.3 is 14.8 Å². The zero-order valence-electron chi connectivity index (χ0n) is 17.3. The highest BCUT2D eigenvalue weighted by molar-refractivity contribution is 6.07. The Balaban J connectivity index is 1.67. The van der Waals surface area contributed by atoms with Crippen LogP contribution in [0.5, 0.6) is 11.5 Å². The lowest BCUT2D eigenvalue weighted by Crippen LogP contribution is -2.51. The molecular formula is C20H28N4O5. The van der Waals surface area contributed by atoms with Crippen LogP contribution in [0.3, 0.4) is 0 Å². The summed E-state index contributed by atoms with van der Waals surface area (Å²) < 4.78 is 10.7. The van der Waals surface area contributed by atoms with Crippen LogP contribution in [-0.4, -0.2) is 60.6 Å². The Kier molecular flexibility index (Phi) is 5.97. The molecule has 0 unspecified atom stereocenters. The first-order chi connectivity index (χ1) is 13.8. The lowest BCUT2D eigenvalue weighted by Gasteiger charge is -2.26. The molecule has 4 amide bonds. The molecule has 1 aromatic rings. The van der Waals surface area contributed by atoms with Gasteiger partial charge in [0.25, 0.3) is 11.8 Å². The summed E-state index contributed by atoms with van der Waals surface area (Å²) in [6, 6.07) is 5.18. The molecule has 9 nitrogen and oxygen atoms in total. The Hall–Kier alpha value is -2.81. The Labute approximate surface area is 170 Å². The van der Waals surface area contributed by atoms with Gasteiger partial charge in [-0.1, -0.05) is 13.0 Å². The molecule has 2 N–H and O–H groups in total. The molecule has 2 heterocycles. The summed E-state index contributed by atoms with van der Waals surface area (Å²) in [4.78, 5) is 39.1. The second-order valence-electron chi connectivity index (χ2n) is 7.53. The van der Waals surface area contributed by atoms with E-state index in [1.807, 2.05) is 30.0 Å². The summed E-state index contributed by atoms with van der Waals surface area (Å²) in [5.74, 6) is 0.438. The van der Waals surface area contributed by atoms with Crippen molar-refractivity contribution >= 4 is 17.8 Å². The second kappa shape index (κ2) is 8.28. The van der Waals surface area contributed by atoms with Crippen molar-refractivity contribution in [1.29, 1.82) is 0 Å². The van der Waals surface area contributed by atoms with E-state index in [4.69, 9.17) is 9.47 Å². The van der Waals surface area contributed by atoms with Crippen molar-refractivity contribution in [2.45, 2.75) is 44.7 Å². The summed E-state index contributed by atoms with van der Waals surface area (Å²) in [6.45, 7) is 4.28. The van der Waals surface area contributed by atoms with Gasteiger partial charge in [-0.3, -0.25) is 19.9 Å². The van der Waals surface area contributed by atoms with Gasteiger partial charge in [-0.25, -0.2) is 4.79 Å². The minimum atomic E-state index is -0.986. The van der Waals surface area contributed by atoms with E-state index in [2.05, 4.69) is 10.7 Å². The number of nitrogens with one attached hydrogen (secondary N) is 2. The highest BCUT2D eigenvalue weighted by Crippen LogP contribution is 2.36. The topological polar surface area (TPSA) is 100 Å². The number of likely N-dealkylation sites (tertiary alicyclic amines) is 1. The van der Waals surface area contributed by atoms with E-state index in [1.54, 1.807) is 21.1 Å². The highest BCUT2D eigenvalue weighted by atomic mass is 16.5. The first-order valence-corrected chi connectivity index (χ1v) is 9.75. The van der Waals surface area contributed by atoms with Crippen LogP contribution in [0.2, 0.25) is 0 Å². The van der Waals surface area contributed by atoms with E-state index in [9.17, 15) is 14.4 Å². The van der Waals surface area contributed by atoms with E-state index in [1.165, 1.54) is 0 Å². The van der Waals surface area contributed by atoms with Gasteiger partial charge >= 0.3 is 6.03 Å². The molecule has 2 aliphatic heterocycles. The number of imide groups is 1. The number of amides is 4. The summed E-state index contributed by atoms with van der Waals surface area (Å²) in [5, 5.41) is 3.41. The Morgan fingerprint density at radius 3 is 2.62 bits per heavy atom. The summed E-state index contributed by atoms with van der Waals surface area (Å²) >= 11 is 0. The number of benzene rings is 1. The number of carbonyl (C=O) groups is 3. The van der Waals surface area contributed by atoms with Crippen LogP contribution in [0, 0.1) is 0 Å². The monoisotopic (exact) mass is 404 g/mol. The van der Waals surface area contributed by atoms with Gasteiger partial charge in [0.2, 0.25) is 0 Å². The van der Waals surface area contributed by atoms with Crippen LogP contribution in [0.15, 0.2) is 18.2 Å². The molecule has 29 heavy (non-hydrogen) atoms. The van der Waals surface area contributed by atoms with Gasteiger partial charge in [-0.05, 0) is 50.4 Å². The molecular weight excluding hydrogens is 376 g/mol. The maximum Gasteiger partial charge on any atom is 0.344 e. The maximum atomic E-state index is 12.6. The molecule has 2 aliphatic rings. The zero-order valence-corrected chi connectivity index (χ0v) is 17.3. The number of methoxy groups -OCH3 is 2. The molecule has 2 fully saturated rings. The SMILES string of the molecule is CC[C@@]1(C)NC(=O)N(NC(=O)CN2CCC[C@H]2c2ccc(OC)c(OC)c2)C1=O. The molecule has 9 heteroatoms. The van der Waals surface area contributed by atoms with Crippen molar-refractivity contribution < 1.29 is 23.9 Å². The number of carbonyl (C=O) groups excluding carboxylic acids is 3.